The third-order valence-corrected chi connectivity index (χ3v) is 4.90. The second-order valence-corrected chi connectivity index (χ2v) is 6.41. The van der Waals surface area contributed by atoms with Crippen molar-refractivity contribution in [3.05, 3.63) is 47.1 Å². The molecular formula is C16H16FNO2S. The summed E-state index contributed by atoms with van der Waals surface area (Å²) in [5.41, 5.74) is 0.863. The first-order valence-electron chi connectivity index (χ1n) is 6.95. The van der Waals surface area contributed by atoms with Gasteiger partial charge in [0.2, 0.25) is 0 Å². The molecule has 1 atom stereocenters. The molecule has 3 nitrogen and oxygen atoms in total. The Hall–Kier alpha value is -1.72. The van der Waals surface area contributed by atoms with Gasteiger partial charge in [0, 0.05) is 16.3 Å². The summed E-state index contributed by atoms with van der Waals surface area (Å²) >= 11 is 1.59. The number of rotatable bonds is 4. The summed E-state index contributed by atoms with van der Waals surface area (Å²) in [6.45, 7) is 1.47. The lowest BCUT2D eigenvalue weighted by Gasteiger charge is -2.19. The SMILES string of the molecule is O=C(O)C1CCCN1Cc1ccc(-c2cccc(F)c2)s1. The van der Waals surface area contributed by atoms with Gasteiger partial charge in [-0.15, -0.1) is 11.3 Å². The van der Waals surface area contributed by atoms with E-state index in [0.717, 1.165) is 34.7 Å². The number of likely N-dealkylation sites (tertiary alicyclic amines) is 1. The van der Waals surface area contributed by atoms with Gasteiger partial charge in [-0.3, -0.25) is 9.69 Å². The van der Waals surface area contributed by atoms with Crippen molar-refractivity contribution in [3.63, 3.8) is 0 Å². The summed E-state index contributed by atoms with van der Waals surface area (Å²) in [4.78, 5) is 15.3. The van der Waals surface area contributed by atoms with Gasteiger partial charge in [0.15, 0.2) is 0 Å². The van der Waals surface area contributed by atoms with Crippen LogP contribution in [0.15, 0.2) is 36.4 Å². The molecule has 1 aromatic carbocycles. The highest BCUT2D eigenvalue weighted by molar-refractivity contribution is 7.15. The predicted octanol–water partition coefficient (Wildman–Crippen LogP) is 3.60. The molecule has 0 radical (unpaired) electrons. The smallest absolute Gasteiger partial charge is 0.320 e. The van der Waals surface area contributed by atoms with Crippen molar-refractivity contribution >= 4 is 17.3 Å². The molecule has 1 aliphatic heterocycles. The van der Waals surface area contributed by atoms with Gasteiger partial charge < -0.3 is 5.11 Å². The van der Waals surface area contributed by atoms with Crippen LogP contribution in [0.3, 0.4) is 0 Å². The molecule has 0 spiro atoms. The maximum atomic E-state index is 13.3. The summed E-state index contributed by atoms with van der Waals surface area (Å²) in [6.07, 6.45) is 1.65. The van der Waals surface area contributed by atoms with E-state index in [4.69, 9.17) is 0 Å². The fourth-order valence-electron chi connectivity index (χ4n) is 2.76. The van der Waals surface area contributed by atoms with Crippen LogP contribution in [0.4, 0.5) is 4.39 Å². The Labute approximate surface area is 126 Å². The molecule has 2 heterocycles. The third kappa shape index (κ3) is 3.14. The van der Waals surface area contributed by atoms with Crippen molar-refractivity contribution in [2.75, 3.05) is 6.54 Å². The van der Waals surface area contributed by atoms with E-state index in [2.05, 4.69) is 0 Å². The summed E-state index contributed by atoms with van der Waals surface area (Å²) in [5.74, 6) is -0.984. The highest BCUT2D eigenvalue weighted by Crippen LogP contribution is 2.30. The summed E-state index contributed by atoms with van der Waals surface area (Å²) in [5, 5.41) is 9.20. The first-order chi connectivity index (χ1) is 10.1. The van der Waals surface area contributed by atoms with Crippen LogP contribution in [0.5, 0.6) is 0 Å². The van der Waals surface area contributed by atoms with Crippen molar-refractivity contribution < 1.29 is 14.3 Å². The van der Waals surface area contributed by atoms with E-state index in [0.29, 0.717) is 6.54 Å². The molecule has 0 aliphatic carbocycles. The fraction of sp³-hybridized carbons (Fsp3) is 0.312. The Kier molecular flexibility index (Phi) is 4.03. The molecular weight excluding hydrogens is 289 g/mol. The van der Waals surface area contributed by atoms with Crippen LogP contribution >= 0.6 is 11.3 Å². The minimum atomic E-state index is -0.741. The van der Waals surface area contributed by atoms with E-state index in [9.17, 15) is 14.3 Å². The molecule has 2 aromatic rings. The zero-order chi connectivity index (χ0) is 14.8. The number of thiophene rings is 1. The van der Waals surface area contributed by atoms with Crippen molar-refractivity contribution in [1.82, 2.24) is 4.90 Å². The quantitative estimate of drug-likeness (QED) is 0.938. The molecule has 110 valence electrons. The van der Waals surface area contributed by atoms with Crippen molar-refractivity contribution in [1.29, 1.82) is 0 Å². The van der Waals surface area contributed by atoms with Crippen LogP contribution in [0, 0.1) is 5.82 Å². The summed E-state index contributed by atoms with van der Waals surface area (Å²) in [6, 6.07) is 10.1. The Bertz CT molecular complexity index is 655. The Morgan fingerprint density at radius 1 is 1.38 bits per heavy atom. The molecule has 1 N–H and O–H groups in total. The number of nitrogens with zero attached hydrogens (tertiary/aromatic N) is 1. The lowest BCUT2D eigenvalue weighted by Crippen LogP contribution is -2.35. The minimum Gasteiger partial charge on any atom is -0.480 e. The topological polar surface area (TPSA) is 40.5 Å². The van der Waals surface area contributed by atoms with Crippen LogP contribution in [0.1, 0.15) is 17.7 Å². The summed E-state index contributed by atoms with van der Waals surface area (Å²) in [7, 11) is 0. The van der Waals surface area contributed by atoms with Crippen LogP contribution < -0.4 is 0 Å². The van der Waals surface area contributed by atoms with Gasteiger partial charge >= 0.3 is 5.97 Å². The third-order valence-electron chi connectivity index (χ3n) is 3.78. The summed E-state index contributed by atoms with van der Waals surface area (Å²) < 4.78 is 13.3. The maximum Gasteiger partial charge on any atom is 0.320 e. The van der Waals surface area contributed by atoms with E-state index in [1.807, 2.05) is 23.1 Å². The molecule has 0 bridgehead atoms. The second kappa shape index (κ2) is 5.95. The molecule has 0 saturated carbocycles. The molecule has 0 amide bonds. The lowest BCUT2D eigenvalue weighted by molar-refractivity contribution is -0.142. The number of hydrogen-bond acceptors (Lipinski definition) is 3. The number of halogens is 1. The zero-order valence-corrected chi connectivity index (χ0v) is 12.3. The Balaban J connectivity index is 1.75. The Morgan fingerprint density at radius 3 is 3.00 bits per heavy atom. The first-order valence-corrected chi connectivity index (χ1v) is 7.76. The number of carboxylic acid groups (broad SMARTS) is 1. The van der Waals surface area contributed by atoms with Crippen LogP contribution in [0.25, 0.3) is 10.4 Å². The largest absolute Gasteiger partial charge is 0.480 e. The van der Waals surface area contributed by atoms with Gasteiger partial charge in [-0.1, -0.05) is 12.1 Å². The van der Waals surface area contributed by atoms with Gasteiger partial charge in [-0.05, 0) is 49.2 Å². The lowest BCUT2D eigenvalue weighted by atomic mass is 10.2. The van der Waals surface area contributed by atoms with Gasteiger partial charge in [-0.25, -0.2) is 4.39 Å². The molecule has 3 rings (SSSR count). The van der Waals surface area contributed by atoms with Crippen LogP contribution in [-0.4, -0.2) is 28.6 Å². The van der Waals surface area contributed by atoms with E-state index < -0.39 is 5.97 Å². The number of carboxylic acids is 1. The number of benzene rings is 1. The minimum absolute atomic E-state index is 0.243. The van der Waals surface area contributed by atoms with Gasteiger partial charge in [0.25, 0.3) is 0 Å². The maximum absolute atomic E-state index is 13.3. The zero-order valence-electron chi connectivity index (χ0n) is 11.5. The van der Waals surface area contributed by atoms with Crippen molar-refractivity contribution in [3.8, 4) is 10.4 Å². The molecule has 1 fully saturated rings. The van der Waals surface area contributed by atoms with E-state index in [1.165, 1.54) is 12.1 Å². The predicted molar refractivity (Wildman–Crippen MR) is 80.8 cm³/mol. The van der Waals surface area contributed by atoms with Crippen molar-refractivity contribution in [2.24, 2.45) is 0 Å². The standard InChI is InChI=1S/C16H16FNO2S/c17-12-4-1-3-11(9-12)15-7-6-13(21-15)10-18-8-2-5-14(18)16(19)20/h1,3-4,6-7,9,14H,2,5,8,10H2,(H,19,20). The van der Waals surface area contributed by atoms with E-state index >= 15 is 0 Å². The highest BCUT2D eigenvalue weighted by atomic mass is 32.1. The molecule has 1 aliphatic rings. The highest BCUT2D eigenvalue weighted by Gasteiger charge is 2.30. The van der Waals surface area contributed by atoms with E-state index in [-0.39, 0.29) is 11.9 Å². The van der Waals surface area contributed by atoms with Gasteiger partial charge in [0.05, 0.1) is 0 Å². The monoisotopic (exact) mass is 305 g/mol. The number of aliphatic carboxylic acids is 1. The first kappa shape index (κ1) is 14.2. The second-order valence-electron chi connectivity index (χ2n) is 5.24. The van der Waals surface area contributed by atoms with Crippen molar-refractivity contribution in [2.45, 2.75) is 25.4 Å². The molecule has 1 saturated heterocycles. The normalized spacial score (nSPS) is 19.0. The number of carbonyl (C=O) groups is 1. The molecule has 21 heavy (non-hydrogen) atoms. The molecule has 1 aromatic heterocycles. The Morgan fingerprint density at radius 2 is 2.24 bits per heavy atom. The van der Waals surface area contributed by atoms with E-state index in [1.54, 1.807) is 17.4 Å². The fourth-order valence-corrected chi connectivity index (χ4v) is 3.78. The molecule has 1 unspecified atom stereocenters. The molecule has 5 heteroatoms. The van der Waals surface area contributed by atoms with Gasteiger partial charge in [-0.2, -0.15) is 0 Å². The average molecular weight is 305 g/mol. The van der Waals surface area contributed by atoms with Crippen LogP contribution in [0.2, 0.25) is 0 Å². The number of hydrogen-bond donors (Lipinski definition) is 1. The average Bonchev–Trinajstić information content (AvgIpc) is 3.08. The van der Waals surface area contributed by atoms with Crippen LogP contribution in [-0.2, 0) is 11.3 Å². The van der Waals surface area contributed by atoms with Gasteiger partial charge in [0.1, 0.15) is 11.9 Å².